The molecule has 32 heavy (non-hydrogen) atoms. The maximum Gasteiger partial charge on any atom is 0.254 e. The first kappa shape index (κ1) is 22.3. The Balaban J connectivity index is 1.37. The zero-order chi connectivity index (χ0) is 22.7. The van der Waals surface area contributed by atoms with Crippen LogP contribution in [-0.2, 0) is 4.79 Å². The number of rotatable bonds is 4. The molecule has 1 saturated heterocycles. The Kier molecular flexibility index (Phi) is 6.77. The summed E-state index contributed by atoms with van der Waals surface area (Å²) in [6.07, 6.45) is 3.23. The fourth-order valence-corrected chi connectivity index (χ4v) is 4.18. The fourth-order valence-electron chi connectivity index (χ4n) is 3.65. The molecule has 2 aromatic carbocycles. The zero-order valence-electron chi connectivity index (χ0n) is 17.5. The number of nitrogens with zero attached hydrogens (tertiary/aromatic N) is 2. The molecular weight excluding hydrogens is 455 g/mol. The predicted molar refractivity (Wildman–Crippen MR) is 122 cm³/mol. The van der Waals surface area contributed by atoms with Gasteiger partial charge in [0.15, 0.2) is 11.5 Å². The van der Waals surface area contributed by atoms with Gasteiger partial charge in [0, 0.05) is 47.9 Å². The van der Waals surface area contributed by atoms with E-state index in [1.165, 1.54) is 6.08 Å². The van der Waals surface area contributed by atoms with Crippen LogP contribution in [0, 0.1) is 0 Å². The van der Waals surface area contributed by atoms with Crippen molar-refractivity contribution >= 4 is 41.1 Å². The van der Waals surface area contributed by atoms with Crippen LogP contribution in [0.1, 0.15) is 15.9 Å². The Morgan fingerprint density at radius 2 is 1.59 bits per heavy atom. The number of halogens is 2. The summed E-state index contributed by atoms with van der Waals surface area (Å²) < 4.78 is 16.6. The van der Waals surface area contributed by atoms with Crippen molar-refractivity contribution in [1.29, 1.82) is 0 Å². The molecule has 2 aliphatic rings. The Hall–Kier alpha value is -2.90. The SMILES string of the molecule is COc1cc(/C=C/C(=O)N2CCN(C(=O)c3cc(Cl)cc(Cl)c3)CC2)cc2c1OCCO2. The second-order valence-electron chi connectivity index (χ2n) is 7.36. The van der Waals surface area contributed by atoms with E-state index in [4.69, 9.17) is 37.4 Å². The molecule has 0 spiro atoms. The van der Waals surface area contributed by atoms with Crippen molar-refractivity contribution in [2.24, 2.45) is 0 Å². The molecule has 0 aromatic heterocycles. The maximum atomic E-state index is 12.7. The van der Waals surface area contributed by atoms with E-state index in [9.17, 15) is 9.59 Å². The van der Waals surface area contributed by atoms with Gasteiger partial charge in [-0.15, -0.1) is 0 Å². The van der Waals surface area contributed by atoms with E-state index in [1.807, 2.05) is 6.07 Å². The number of hydrogen-bond acceptors (Lipinski definition) is 5. The van der Waals surface area contributed by atoms with E-state index >= 15 is 0 Å². The van der Waals surface area contributed by atoms with Crippen LogP contribution < -0.4 is 14.2 Å². The minimum Gasteiger partial charge on any atom is -0.493 e. The molecule has 0 saturated carbocycles. The minimum absolute atomic E-state index is 0.128. The van der Waals surface area contributed by atoms with Crippen LogP contribution in [0.3, 0.4) is 0 Å². The average Bonchev–Trinajstić information content (AvgIpc) is 2.81. The van der Waals surface area contributed by atoms with E-state index in [1.54, 1.807) is 47.3 Å². The molecule has 2 heterocycles. The Morgan fingerprint density at radius 1 is 0.938 bits per heavy atom. The van der Waals surface area contributed by atoms with Gasteiger partial charge in [-0.2, -0.15) is 0 Å². The highest BCUT2D eigenvalue weighted by atomic mass is 35.5. The van der Waals surface area contributed by atoms with Gasteiger partial charge < -0.3 is 24.0 Å². The normalized spacial score (nSPS) is 15.7. The molecule has 1 fully saturated rings. The highest BCUT2D eigenvalue weighted by Crippen LogP contribution is 2.40. The second kappa shape index (κ2) is 9.71. The van der Waals surface area contributed by atoms with Crippen molar-refractivity contribution in [2.45, 2.75) is 0 Å². The first-order valence-corrected chi connectivity index (χ1v) is 10.9. The molecule has 2 amide bonds. The Morgan fingerprint density at radius 3 is 2.28 bits per heavy atom. The third-order valence-electron chi connectivity index (χ3n) is 5.26. The number of carbonyl (C=O) groups excluding carboxylic acids is 2. The molecule has 0 unspecified atom stereocenters. The van der Waals surface area contributed by atoms with Gasteiger partial charge in [-0.3, -0.25) is 9.59 Å². The number of methoxy groups -OCH3 is 1. The van der Waals surface area contributed by atoms with Gasteiger partial charge in [-0.25, -0.2) is 0 Å². The molecular formula is C23H22Cl2N2O5. The number of carbonyl (C=O) groups is 2. The highest BCUT2D eigenvalue weighted by molar-refractivity contribution is 6.35. The van der Waals surface area contributed by atoms with Crippen LogP contribution in [0.4, 0.5) is 0 Å². The summed E-state index contributed by atoms with van der Waals surface area (Å²) in [4.78, 5) is 28.8. The lowest BCUT2D eigenvalue weighted by Crippen LogP contribution is -2.50. The number of fused-ring (bicyclic) bond motifs is 1. The van der Waals surface area contributed by atoms with Gasteiger partial charge >= 0.3 is 0 Å². The van der Waals surface area contributed by atoms with Crippen molar-refractivity contribution in [3.05, 3.63) is 57.6 Å². The van der Waals surface area contributed by atoms with Crippen LogP contribution >= 0.6 is 23.2 Å². The third kappa shape index (κ3) is 4.95. The maximum absolute atomic E-state index is 12.7. The number of piperazine rings is 1. The Labute approximate surface area is 196 Å². The first-order chi connectivity index (χ1) is 15.4. The number of hydrogen-bond donors (Lipinski definition) is 0. The standard InChI is InChI=1S/C23H22Cl2N2O5/c1-30-19-10-15(11-20-22(19)32-9-8-31-20)2-3-21(28)26-4-6-27(7-5-26)23(29)16-12-17(24)14-18(25)13-16/h2-3,10-14H,4-9H2,1H3/b3-2+. The van der Waals surface area contributed by atoms with Gasteiger partial charge in [-0.05, 0) is 42.0 Å². The number of ether oxygens (including phenoxy) is 3. The van der Waals surface area contributed by atoms with Crippen molar-refractivity contribution in [3.8, 4) is 17.2 Å². The lowest BCUT2D eigenvalue weighted by atomic mass is 10.1. The number of amides is 2. The molecule has 0 radical (unpaired) electrons. The molecule has 4 rings (SSSR count). The smallest absolute Gasteiger partial charge is 0.254 e. The molecule has 9 heteroatoms. The van der Waals surface area contributed by atoms with Crippen molar-refractivity contribution < 1.29 is 23.8 Å². The Bertz CT molecular complexity index is 1030. The second-order valence-corrected chi connectivity index (χ2v) is 8.23. The zero-order valence-corrected chi connectivity index (χ0v) is 19.0. The van der Waals surface area contributed by atoms with E-state index < -0.39 is 0 Å². The van der Waals surface area contributed by atoms with Crippen molar-refractivity contribution in [1.82, 2.24) is 9.80 Å². The summed E-state index contributed by atoms with van der Waals surface area (Å²) in [5.41, 5.74) is 1.21. The van der Waals surface area contributed by atoms with Crippen LogP contribution in [-0.4, -0.2) is 68.1 Å². The first-order valence-electron chi connectivity index (χ1n) is 10.1. The molecule has 0 bridgehead atoms. The van der Waals surface area contributed by atoms with Gasteiger partial charge in [0.25, 0.3) is 5.91 Å². The summed E-state index contributed by atoms with van der Waals surface area (Å²) in [6, 6.07) is 8.38. The largest absolute Gasteiger partial charge is 0.493 e. The van der Waals surface area contributed by atoms with Crippen molar-refractivity contribution in [2.75, 3.05) is 46.5 Å². The van der Waals surface area contributed by atoms with Gasteiger partial charge in [-0.1, -0.05) is 23.2 Å². The van der Waals surface area contributed by atoms with Gasteiger partial charge in [0.05, 0.1) is 7.11 Å². The van der Waals surface area contributed by atoms with Gasteiger partial charge in [0.2, 0.25) is 11.7 Å². The number of benzene rings is 2. The van der Waals surface area contributed by atoms with Crippen LogP contribution in [0.15, 0.2) is 36.4 Å². The van der Waals surface area contributed by atoms with Crippen LogP contribution in [0.25, 0.3) is 6.08 Å². The summed E-state index contributed by atoms with van der Waals surface area (Å²) in [5, 5.41) is 0.825. The molecule has 0 N–H and O–H groups in total. The monoisotopic (exact) mass is 476 g/mol. The molecule has 0 atom stereocenters. The molecule has 7 nitrogen and oxygen atoms in total. The summed E-state index contributed by atoms with van der Waals surface area (Å²) in [6.45, 7) is 2.67. The van der Waals surface area contributed by atoms with E-state index in [0.717, 1.165) is 5.56 Å². The summed E-state index contributed by atoms with van der Waals surface area (Å²) >= 11 is 12.0. The predicted octanol–water partition coefficient (Wildman–Crippen LogP) is 3.77. The molecule has 2 aromatic rings. The summed E-state index contributed by atoms with van der Waals surface area (Å²) in [5.74, 6) is 1.44. The molecule has 0 aliphatic carbocycles. The minimum atomic E-state index is -0.152. The highest BCUT2D eigenvalue weighted by Gasteiger charge is 2.24. The van der Waals surface area contributed by atoms with Crippen LogP contribution in [0.5, 0.6) is 17.2 Å². The van der Waals surface area contributed by atoms with E-state index in [-0.39, 0.29) is 11.8 Å². The molecule has 168 valence electrons. The average molecular weight is 477 g/mol. The van der Waals surface area contributed by atoms with E-state index in [0.29, 0.717) is 72.3 Å². The van der Waals surface area contributed by atoms with Crippen molar-refractivity contribution in [3.63, 3.8) is 0 Å². The third-order valence-corrected chi connectivity index (χ3v) is 5.69. The van der Waals surface area contributed by atoms with E-state index in [2.05, 4.69) is 0 Å². The lowest BCUT2D eigenvalue weighted by Gasteiger charge is -2.34. The van der Waals surface area contributed by atoms with Gasteiger partial charge in [0.1, 0.15) is 13.2 Å². The fraction of sp³-hybridized carbons (Fsp3) is 0.304. The lowest BCUT2D eigenvalue weighted by molar-refractivity contribution is -0.127. The molecule has 2 aliphatic heterocycles. The van der Waals surface area contributed by atoms with Crippen LogP contribution in [0.2, 0.25) is 10.0 Å². The topological polar surface area (TPSA) is 68.3 Å². The summed E-state index contributed by atoms with van der Waals surface area (Å²) in [7, 11) is 1.56. The quantitative estimate of drug-likeness (QED) is 0.628.